The Morgan fingerprint density at radius 2 is 1.81 bits per heavy atom. The summed E-state index contributed by atoms with van der Waals surface area (Å²) in [4.78, 5) is 35.8. The van der Waals surface area contributed by atoms with Crippen molar-refractivity contribution in [2.45, 2.75) is 69.0 Å². The summed E-state index contributed by atoms with van der Waals surface area (Å²) < 4.78 is 93.3. The van der Waals surface area contributed by atoms with Crippen molar-refractivity contribution in [3.8, 4) is 11.3 Å². The lowest BCUT2D eigenvalue weighted by molar-refractivity contribution is -0.137. The van der Waals surface area contributed by atoms with Crippen molar-refractivity contribution in [2.75, 3.05) is 56.1 Å². The molecule has 18 nitrogen and oxygen atoms in total. The number of hydrogen-bond donors (Lipinski definition) is 4. The highest BCUT2D eigenvalue weighted by Crippen LogP contribution is 2.36. The van der Waals surface area contributed by atoms with E-state index < -0.39 is 43.8 Å². The molecule has 2 aliphatic rings. The van der Waals surface area contributed by atoms with Crippen LogP contribution in [0.1, 0.15) is 49.4 Å². The van der Waals surface area contributed by atoms with Gasteiger partial charge in [-0.25, -0.2) is 32.2 Å². The average molecular weight is 899 g/mol. The van der Waals surface area contributed by atoms with Crippen LogP contribution in [0.3, 0.4) is 0 Å². The molecule has 0 spiro atoms. The summed E-state index contributed by atoms with van der Waals surface area (Å²) in [5, 5.41) is 27.3. The van der Waals surface area contributed by atoms with E-state index in [4.69, 9.17) is 4.74 Å². The Hall–Kier alpha value is -5.88. The Morgan fingerprint density at radius 1 is 1.02 bits per heavy atom. The molecule has 336 valence electrons. The van der Waals surface area contributed by atoms with Crippen LogP contribution >= 0.6 is 0 Å². The maximum Gasteiger partial charge on any atom is 0.419 e. The first kappa shape index (κ1) is 45.2. The van der Waals surface area contributed by atoms with Crippen LogP contribution in [0, 0.1) is 5.82 Å². The van der Waals surface area contributed by atoms with Crippen LogP contribution in [-0.4, -0.2) is 116 Å². The van der Waals surface area contributed by atoms with Crippen molar-refractivity contribution in [2.24, 2.45) is 0 Å². The monoisotopic (exact) mass is 898 g/mol. The third kappa shape index (κ3) is 11.8. The molecule has 1 unspecified atom stereocenters. The van der Waals surface area contributed by atoms with Gasteiger partial charge in [0, 0.05) is 75.8 Å². The molecule has 3 aromatic heterocycles. The Kier molecular flexibility index (Phi) is 13.5. The normalized spacial score (nSPS) is 16.7. The molecule has 2 aliphatic heterocycles. The molecule has 0 bridgehead atoms. The lowest BCUT2D eigenvalue weighted by Gasteiger charge is -2.36. The number of hydrogen-bond acceptors (Lipinski definition) is 14. The number of nitrogens with one attached hydrogen (secondary N) is 3. The predicted molar refractivity (Wildman–Crippen MR) is 219 cm³/mol. The number of carbonyl (C=O) groups is 2. The number of halogens is 4. The quantitative estimate of drug-likeness (QED) is 0.0598. The van der Waals surface area contributed by atoms with Crippen LogP contribution in [-0.2, 0) is 50.2 Å². The highest BCUT2D eigenvalue weighted by atomic mass is 32.2. The third-order valence-corrected chi connectivity index (χ3v) is 11.8. The van der Waals surface area contributed by atoms with E-state index in [1.54, 1.807) is 6.20 Å². The number of sulfonamides is 1. The van der Waals surface area contributed by atoms with E-state index in [-0.39, 0.29) is 61.4 Å². The molecule has 5 heterocycles. The molecular formula is C40H46F4N12O6S. The van der Waals surface area contributed by atoms with E-state index in [1.165, 1.54) is 29.4 Å². The molecule has 2 saturated heterocycles. The molecule has 2 aromatic carbocycles. The zero-order valence-corrected chi connectivity index (χ0v) is 35.2. The van der Waals surface area contributed by atoms with Gasteiger partial charge < -0.3 is 20.1 Å². The van der Waals surface area contributed by atoms with Crippen LogP contribution in [0.25, 0.3) is 11.3 Å². The summed E-state index contributed by atoms with van der Waals surface area (Å²) in [6.07, 6.45) is 1.40. The largest absolute Gasteiger partial charge is 0.419 e. The topological polar surface area (TPSA) is 215 Å². The van der Waals surface area contributed by atoms with Gasteiger partial charge in [0.25, 0.3) is 0 Å². The average Bonchev–Trinajstić information content (AvgIpc) is 3.89. The lowest BCUT2D eigenvalue weighted by atomic mass is 9.90. The van der Waals surface area contributed by atoms with Crippen LogP contribution in [0.5, 0.6) is 0 Å². The van der Waals surface area contributed by atoms with E-state index in [9.17, 15) is 36.3 Å². The number of imide groups is 1. The highest BCUT2D eigenvalue weighted by molar-refractivity contribution is 7.89. The number of piperazine rings is 1. The van der Waals surface area contributed by atoms with Crippen molar-refractivity contribution in [1.29, 1.82) is 0 Å². The second-order valence-corrected chi connectivity index (χ2v) is 17.6. The molecule has 0 aliphatic carbocycles. The number of ether oxygens (including phenoxy) is 1. The molecular weight excluding hydrogens is 853 g/mol. The van der Waals surface area contributed by atoms with Crippen molar-refractivity contribution in [3.05, 3.63) is 89.9 Å². The zero-order valence-electron chi connectivity index (χ0n) is 34.3. The molecule has 0 radical (unpaired) electrons. The fourth-order valence-electron chi connectivity index (χ4n) is 7.18. The van der Waals surface area contributed by atoms with Gasteiger partial charge in [-0.2, -0.15) is 18.3 Å². The van der Waals surface area contributed by atoms with Crippen LogP contribution in [0.2, 0.25) is 0 Å². The number of aromatic nitrogens is 7. The van der Waals surface area contributed by atoms with Crippen molar-refractivity contribution in [3.63, 3.8) is 0 Å². The van der Waals surface area contributed by atoms with Crippen molar-refractivity contribution < 1.29 is 45.4 Å². The van der Waals surface area contributed by atoms with Gasteiger partial charge in [-0.3, -0.25) is 24.5 Å². The summed E-state index contributed by atoms with van der Waals surface area (Å²) >= 11 is 0. The molecule has 23 heteroatoms. The third-order valence-electron chi connectivity index (χ3n) is 10.3. The first-order valence-corrected chi connectivity index (χ1v) is 21.5. The summed E-state index contributed by atoms with van der Waals surface area (Å²) in [6.45, 7) is 6.91. The van der Waals surface area contributed by atoms with Gasteiger partial charge in [0.1, 0.15) is 18.1 Å². The Bertz CT molecular complexity index is 2540. The SMILES string of the molecule is CC(C)(O)Cn1cc(-c2nc(Nc3ccc(S(=O)(=O)NCCOCn4cc(CCN5CCN(c6cccc(C7CCC(=O)NC7=O)c6)CC5)nn4)cc3F)ncc2C(F)(F)F)cn1. The number of rotatable bonds is 17. The smallest absolute Gasteiger partial charge is 0.389 e. The van der Waals surface area contributed by atoms with Crippen LogP contribution in [0.15, 0.2) is 72.1 Å². The van der Waals surface area contributed by atoms with Crippen molar-refractivity contribution >= 4 is 39.2 Å². The van der Waals surface area contributed by atoms with Crippen LogP contribution < -0.4 is 20.3 Å². The number of anilines is 3. The van der Waals surface area contributed by atoms with E-state index in [2.05, 4.69) is 50.5 Å². The number of carbonyl (C=O) groups excluding carboxylic acids is 2. The minimum absolute atomic E-state index is 0.00425. The summed E-state index contributed by atoms with van der Waals surface area (Å²) in [6, 6.07) is 10.9. The molecule has 63 heavy (non-hydrogen) atoms. The first-order valence-electron chi connectivity index (χ1n) is 20.0. The number of benzene rings is 2. The molecule has 2 fully saturated rings. The number of nitrogens with zero attached hydrogens (tertiary/aromatic N) is 9. The highest BCUT2D eigenvalue weighted by Gasteiger charge is 2.36. The van der Waals surface area contributed by atoms with Gasteiger partial charge in [-0.05, 0) is 56.2 Å². The second-order valence-electron chi connectivity index (χ2n) is 15.8. The lowest BCUT2D eigenvalue weighted by Crippen LogP contribution is -2.47. The minimum Gasteiger partial charge on any atom is -0.389 e. The zero-order chi connectivity index (χ0) is 44.9. The summed E-state index contributed by atoms with van der Waals surface area (Å²) in [5.41, 5.74) is -0.481. The standard InChI is InChI=1S/C40H46F4N12O6S/c1-39(2,59)24-55-22-27(20-46-55)36-32(40(42,43)44)21-45-38(50-36)48-34-8-6-30(19-33(34)41)63(60,61)47-11-17-62-25-56-23-28(51-52-56)10-12-53-13-15-54(16-14-53)29-5-3-4-26(18-29)31-7-9-35(57)49-37(31)58/h3-6,8,18-23,31,47,59H,7,9-17,24-25H2,1-2H3,(H,45,48,50)(H,49,57,58). The van der Waals surface area contributed by atoms with Gasteiger partial charge >= 0.3 is 6.18 Å². The van der Waals surface area contributed by atoms with E-state index in [0.29, 0.717) is 25.5 Å². The van der Waals surface area contributed by atoms with Gasteiger partial charge in [-0.1, -0.05) is 17.3 Å². The molecule has 7 rings (SSSR count). The van der Waals surface area contributed by atoms with E-state index >= 15 is 4.39 Å². The Morgan fingerprint density at radius 3 is 2.54 bits per heavy atom. The van der Waals surface area contributed by atoms with Gasteiger partial charge in [0.05, 0.1) is 59.0 Å². The number of amides is 2. The Balaban J connectivity index is 0.841. The number of alkyl halides is 3. The van der Waals surface area contributed by atoms with Crippen molar-refractivity contribution in [1.82, 2.24) is 49.7 Å². The number of aliphatic hydroxyl groups is 1. The minimum atomic E-state index is -4.83. The number of piperidine rings is 1. The van der Waals surface area contributed by atoms with Gasteiger partial charge in [0.15, 0.2) is 0 Å². The summed E-state index contributed by atoms with van der Waals surface area (Å²) in [7, 11) is -4.19. The van der Waals surface area contributed by atoms with Gasteiger partial charge in [-0.15, -0.1) is 5.10 Å². The fourth-order valence-corrected chi connectivity index (χ4v) is 8.21. The maximum atomic E-state index is 15.2. The molecule has 2 amide bonds. The maximum absolute atomic E-state index is 15.2. The van der Waals surface area contributed by atoms with E-state index in [1.807, 2.05) is 24.3 Å². The molecule has 1 atom stereocenters. The Labute approximate surface area is 359 Å². The fraction of sp³-hybridized carbons (Fsp3) is 0.425. The molecule has 0 saturated carbocycles. The molecule has 4 N–H and O–H groups in total. The van der Waals surface area contributed by atoms with E-state index in [0.717, 1.165) is 74.1 Å². The van der Waals surface area contributed by atoms with Crippen LogP contribution in [0.4, 0.5) is 34.9 Å². The van der Waals surface area contributed by atoms with Gasteiger partial charge in [0.2, 0.25) is 27.8 Å². The molecule has 5 aromatic rings. The first-order chi connectivity index (χ1) is 29.9. The summed E-state index contributed by atoms with van der Waals surface area (Å²) in [5.74, 6) is -2.23. The predicted octanol–water partition coefficient (Wildman–Crippen LogP) is 3.44. The second kappa shape index (κ2) is 18.8.